The summed E-state index contributed by atoms with van der Waals surface area (Å²) >= 11 is 0. The summed E-state index contributed by atoms with van der Waals surface area (Å²) in [5, 5.41) is 17.8. The molecule has 0 radical (unpaired) electrons. The van der Waals surface area contributed by atoms with Crippen LogP contribution < -0.4 is 10.6 Å². The molecule has 1 heterocycles. The number of nitro groups is 1. The van der Waals surface area contributed by atoms with Crippen molar-refractivity contribution in [1.29, 1.82) is 0 Å². The highest BCUT2D eigenvalue weighted by Crippen LogP contribution is 2.31. The summed E-state index contributed by atoms with van der Waals surface area (Å²) in [6, 6.07) is 12.8. The van der Waals surface area contributed by atoms with E-state index in [4.69, 9.17) is 0 Å². The van der Waals surface area contributed by atoms with Crippen molar-refractivity contribution in [2.45, 2.75) is 65.1 Å². The number of rotatable bonds is 7. The van der Waals surface area contributed by atoms with E-state index in [1.165, 1.54) is 12.1 Å². The maximum atomic E-state index is 13.8. The van der Waals surface area contributed by atoms with Crippen LogP contribution in [0.4, 0.5) is 11.4 Å². The monoisotopic (exact) mass is 466 g/mol. The normalized spacial score (nSPS) is 18.2. The van der Waals surface area contributed by atoms with Gasteiger partial charge in [-0.1, -0.05) is 44.2 Å². The fourth-order valence-electron chi connectivity index (χ4n) is 4.16. The molecular weight excluding hydrogens is 432 g/mol. The number of nitrogens with one attached hydrogen (secondary N) is 2. The zero-order valence-corrected chi connectivity index (χ0v) is 20.5. The molecule has 2 unspecified atom stereocenters. The van der Waals surface area contributed by atoms with Crippen molar-refractivity contribution >= 4 is 23.2 Å². The first kappa shape index (κ1) is 25.2. The average Bonchev–Trinajstić information content (AvgIpc) is 2.85. The smallest absolute Gasteiger partial charge is 0.270 e. The predicted molar refractivity (Wildman–Crippen MR) is 133 cm³/mol. The summed E-state index contributed by atoms with van der Waals surface area (Å²) in [7, 11) is 0. The summed E-state index contributed by atoms with van der Waals surface area (Å²) in [6.45, 7) is 10.2. The van der Waals surface area contributed by atoms with Crippen LogP contribution in [0.15, 0.2) is 48.5 Å². The Hall–Kier alpha value is -3.42. The molecule has 1 aliphatic rings. The molecule has 2 N–H and O–H groups in total. The van der Waals surface area contributed by atoms with Crippen molar-refractivity contribution in [3.8, 4) is 0 Å². The molecule has 2 amide bonds. The van der Waals surface area contributed by atoms with Crippen LogP contribution in [-0.2, 0) is 11.2 Å². The van der Waals surface area contributed by atoms with Crippen LogP contribution >= 0.6 is 0 Å². The number of benzene rings is 2. The van der Waals surface area contributed by atoms with Gasteiger partial charge < -0.3 is 15.5 Å². The predicted octanol–water partition coefficient (Wildman–Crippen LogP) is 4.40. The number of hydrogen-bond acceptors (Lipinski definition) is 5. The summed E-state index contributed by atoms with van der Waals surface area (Å²) in [5.41, 5.74) is 1.09. The van der Waals surface area contributed by atoms with Crippen LogP contribution in [0.1, 0.15) is 57.0 Å². The summed E-state index contributed by atoms with van der Waals surface area (Å²) in [5.74, 6) is -0.315. The third kappa shape index (κ3) is 6.12. The minimum atomic E-state index is -0.794. The van der Waals surface area contributed by atoms with Crippen LogP contribution in [0.5, 0.6) is 0 Å². The third-order valence-corrected chi connectivity index (χ3v) is 5.78. The van der Waals surface area contributed by atoms with E-state index in [2.05, 4.69) is 24.5 Å². The van der Waals surface area contributed by atoms with Gasteiger partial charge >= 0.3 is 0 Å². The summed E-state index contributed by atoms with van der Waals surface area (Å²) < 4.78 is 0. The van der Waals surface area contributed by atoms with E-state index in [0.717, 1.165) is 5.56 Å². The second-order valence-corrected chi connectivity index (χ2v) is 10.3. The Kier molecular flexibility index (Phi) is 7.59. The number of nitrogens with zero attached hydrogens (tertiary/aromatic N) is 2. The summed E-state index contributed by atoms with van der Waals surface area (Å²) in [4.78, 5) is 39.9. The number of non-ortho nitro benzene ring substituents is 1. The lowest BCUT2D eigenvalue weighted by Crippen LogP contribution is -2.59. The van der Waals surface area contributed by atoms with Gasteiger partial charge in [0.15, 0.2) is 0 Å². The zero-order chi connectivity index (χ0) is 25.0. The van der Waals surface area contributed by atoms with Crippen molar-refractivity contribution in [2.75, 3.05) is 11.9 Å². The van der Waals surface area contributed by atoms with Crippen molar-refractivity contribution in [1.82, 2.24) is 10.2 Å². The zero-order valence-electron chi connectivity index (χ0n) is 20.5. The van der Waals surface area contributed by atoms with Gasteiger partial charge in [-0.2, -0.15) is 0 Å². The topological polar surface area (TPSA) is 105 Å². The highest BCUT2D eigenvalue weighted by Gasteiger charge is 2.41. The van der Waals surface area contributed by atoms with E-state index >= 15 is 0 Å². The summed E-state index contributed by atoms with van der Waals surface area (Å²) in [6.07, 6.45) is 1.21. The largest absolute Gasteiger partial charge is 0.379 e. The van der Waals surface area contributed by atoms with Crippen molar-refractivity contribution < 1.29 is 14.5 Å². The Morgan fingerprint density at radius 2 is 1.85 bits per heavy atom. The fraction of sp³-hybridized carbons (Fsp3) is 0.462. The number of carbonyl (C=O) groups is 2. The van der Waals surface area contributed by atoms with Crippen LogP contribution in [0.2, 0.25) is 0 Å². The van der Waals surface area contributed by atoms with Crippen molar-refractivity contribution in [3.63, 3.8) is 0 Å². The van der Waals surface area contributed by atoms with Gasteiger partial charge in [-0.25, -0.2) is 0 Å². The highest BCUT2D eigenvalue weighted by molar-refractivity contribution is 6.04. The Bertz CT molecular complexity index is 1050. The molecule has 3 rings (SSSR count). The van der Waals surface area contributed by atoms with Gasteiger partial charge in [-0.05, 0) is 51.2 Å². The molecule has 2 atom stereocenters. The van der Waals surface area contributed by atoms with Gasteiger partial charge in [-0.3, -0.25) is 19.7 Å². The molecule has 2 aromatic carbocycles. The van der Waals surface area contributed by atoms with E-state index in [0.29, 0.717) is 31.0 Å². The lowest BCUT2D eigenvalue weighted by Gasteiger charge is -2.36. The van der Waals surface area contributed by atoms with Gasteiger partial charge in [-0.15, -0.1) is 0 Å². The number of fused-ring (bicyclic) bond motifs is 1. The number of carbonyl (C=O) groups excluding carboxylic acids is 2. The third-order valence-electron chi connectivity index (χ3n) is 5.78. The van der Waals surface area contributed by atoms with E-state index < -0.39 is 22.5 Å². The van der Waals surface area contributed by atoms with Crippen LogP contribution in [0.3, 0.4) is 0 Å². The Morgan fingerprint density at radius 1 is 1.18 bits per heavy atom. The van der Waals surface area contributed by atoms with Gasteiger partial charge in [0.1, 0.15) is 6.04 Å². The molecule has 0 aliphatic carbocycles. The highest BCUT2D eigenvalue weighted by atomic mass is 16.6. The fourth-order valence-corrected chi connectivity index (χ4v) is 4.16. The molecule has 182 valence electrons. The van der Waals surface area contributed by atoms with Gasteiger partial charge in [0.25, 0.3) is 11.6 Å². The maximum absolute atomic E-state index is 13.8. The number of anilines is 1. The van der Waals surface area contributed by atoms with Gasteiger partial charge in [0, 0.05) is 29.9 Å². The van der Waals surface area contributed by atoms with Gasteiger partial charge in [0.2, 0.25) is 5.91 Å². The molecule has 0 bridgehead atoms. The molecule has 1 aliphatic heterocycles. The average molecular weight is 467 g/mol. The Balaban J connectivity index is 2.13. The SMILES string of the molecule is CC(C)CCN1C(=O)c2cc([N+](=O)[O-])ccc2NC(Cc2ccccc2)C1C(=O)NC(C)(C)C. The molecule has 0 saturated heterocycles. The molecule has 0 saturated carbocycles. The van der Waals surface area contributed by atoms with Crippen LogP contribution in [0.25, 0.3) is 0 Å². The second kappa shape index (κ2) is 10.2. The molecule has 0 spiro atoms. The molecular formula is C26H34N4O4. The standard InChI is InChI=1S/C26H34N4O4/c1-17(2)13-14-29-23(24(31)28-26(3,4)5)22(15-18-9-7-6-8-10-18)27-21-12-11-19(30(33)34)16-20(21)25(29)32/h6-12,16-17,22-23,27H,13-15H2,1-5H3,(H,28,31). The number of amides is 2. The van der Waals surface area contributed by atoms with E-state index in [9.17, 15) is 19.7 Å². The lowest BCUT2D eigenvalue weighted by atomic mass is 9.95. The second-order valence-electron chi connectivity index (χ2n) is 10.3. The number of hydrogen-bond donors (Lipinski definition) is 2. The first-order valence-corrected chi connectivity index (χ1v) is 11.7. The van der Waals surface area contributed by atoms with E-state index in [1.807, 2.05) is 51.1 Å². The lowest BCUT2D eigenvalue weighted by molar-refractivity contribution is -0.384. The minimum absolute atomic E-state index is 0.157. The quantitative estimate of drug-likeness (QED) is 0.465. The Labute approximate surface area is 200 Å². The van der Waals surface area contributed by atoms with Crippen LogP contribution in [-0.4, -0.2) is 45.8 Å². The van der Waals surface area contributed by atoms with E-state index in [-0.39, 0.29) is 23.1 Å². The first-order valence-electron chi connectivity index (χ1n) is 11.7. The maximum Gasteiger partial charge on any atom is 0.270 e. The molecule has 2 aromatic rings. The molecule has 34 heavy (non-hydrogen) atoms. The van der Waals surface area contributed by atoms with E-state index in [1.54, 1.807) is 11.0 Å². The first-order chi connectivity index (χ1) is 16.0. The molecule has 8 heteroatoms. The van der Waals surface area contributed by atoms with Crippen molar-refractivity contribution in [2.24, 2.45) is 5.92 Å². The minimum Gasteiger partial charge on any atom is -0.379 e. The molecule has 8 nitrogen and oxygen atoms in total. The van der Waals surface area contributed by atoms with Crippen LogP contribution in [0, 0.1) is 16.0 Å². The Morgan fingerprint density at radius 3 is 2.44 bits per heavy atom. The number of nitro benzene ring substituents is 1. The van der Waals surface area contributed by atoms with Crippen molar-refractivity contribution in [3.05, 3.63) is 69.8 Å². The van der Waals surface area contributed by atoms with Gasteiger partial charge in [0.05, 0.1) is 16.5 Å². The molecule has 0 aromatic heterocycles. The molecule has 0 fully saturated rings.